The van der Waals surface area contributed by atoms with Crippen molar-refractivity contribution < 1.29 is 9.53 Å². The van der Waals surface area contributed by atoms with Crippen LogP contribution in [0, 0.1) is 20.8 Å². The molecule has 0 aliphatic carbocycles. The summed E-state index contributed by atoms with van der Waals surface area (Å²) in [5.74, 6) is 1.69. The predicted octanol–water partition coefficient (Wildman–Crippen LogP) is 4.61. The Labute approximate surface area is 175 Å². The van der Waals surface area contributed by atoms with Crippen LogP contribution in [0.1, 0.15) is 35.5 Å². The zero-order valence-corrected chi connectivity index (χ0v) is 18.2. The van der Waals surface area contributed by atoms with Crippen LogP contribution in [0.15, 0.2) is 47.6 Å². The van der Waals surface area contributed by atoms with E-state index in [1.54, 1.807) is 0 Å². The van der Waals surface area contributed by atoms with Crippen LogP contribution in [0.4, 0.5) is 5.69 Å². The maximum atomic E-state index is 12.4. The fraction of sp³-hybridized carbons (Fsp3) is 0.318. The lowest BCUT2D eigenvalue weighted by molar-refractivity contribution is -0.113. The minimum absolute atomic E-state index is 0.0719. The maximum absolute atomic E-state index is 12.4. The first-order valence-corrected chi connectivity index (χ1v) is 10.4. The molecule has 0 saturated carbocycles. The Hall–Kier alpha value is -2.80. The molecule has 1 aromatic heterocycles. The van der Waals surface area contributed by atoms with Crippen molar-refractivity contribution in [2.75, 3.05) is 11.1 Å². The Bertz CT molecular complexity index is 1020. The highest BCUT2D eigenvalue weighted by molar-refractivity contribution is 7.99. The molecule has 1 unspecified atom stereocenters. The number of rotatable bonds is 7. The number of thioether (sulfide) groups is 1. The van der Waals surface area contributed by atoms with Gasteiger partial charge in [0, 0.05) is 12.7 Å². The van der Waals surface area contributed by atoms with Crippen LogP contribution in [-0.2, 0) is 11.8 Å². The van der Waals surface area contributed by atoms with Gasteiger partial charge in [-0.1, -0.05) is 36.0 Å². The van der Waals surface area contributed by atoms with Crippen molar-refractivity contribution in [3.8, 4) is 5.75 Å². The number of carbonyl (C=O) groups is 1. The van der Waals surface area contributed by atoms with Gasteiger partial charge in [-0.15, -0.1) is 10.2 Å². The standard InChI is InChI=1S/C22H26N4O2S/c1-14-8-6-10-18(12-14)28-17(4)21-24-25-22(26(21)5)29-13-20(27)23-19-11-7-9-15(2)16(19)3/h6-12,17H,13H2,1-5H3,(H,23,27). The average Bonchev–Trinajstić information content (AvgIpc) is 3.04. The van der Waals surface area contributed by atoms with Crippen molar-refractivity contribution in [1.29, 1.82) is 0 Å². The molecule has 0 aliphatic heterocycles. The molecule has 152 valence electrons. The van der Waals surface area contributed by atoms with Gasteiger partial charge in [0.2, 0.25) is 5.91 Å². The summed E-state index contributed by atoms with van der Waals surface area (Å²) in [5.41, 5.74) is 4.21. The third-order valence-corrected chi connectivity index (χ3v) is 5.77. The Morgan fingerprint density at radius 3 is 2.69 bits per heavy atom. The van der Waals surface area contributed by atoms with Crippen molar-refractivity contribution >= 4 is 23.4 Å². The zero-order chi connectivity index (χ0) is 21.0. The number of nitrogens with zero attached hydrogens (tertiary/aromatic N) is 3. The minimum Gasteiger partial charge on any atom is -0.483 e. The lowest BCUT2D eigenvalue weighted by Crippen LogP contribution is -2.15. The third-order valence-electron chi connectivity index (χ3n) is 4.75. The monoisotopic (exact) mass is 410 g/mol. The van der Waals surface area contributed by atoms with Crippen molar-refractivity contribution in [3.05, 3.63) is 65.0 Å². The van der Waals surface area contributed by atoms with Crippen LogP contribution < -0.4 is 10.1 Å². The van der Waals surface area contributed by atoms with Gasteiger partial charge in [0.05, 0.1) is 5.75 Å². The second kappa shape index (κ2) is 9.13. The SMILES string of the molecule is Cc1cccc(OC(C)c2nnc(SCC(=O)Nc3cccc(C)c3C)n2C)c1. The molecule has 0 spiro atoms. The molecule has 7 heteroatoms. The Morgan fingerprint density at radius 2 is 1.93 bits per heavy atom. The number of benzene rings is 2. The van der Waals surface area contributed by atoms with Crippen molar-refractivity contribution in [1.82, 2.24) is 14.8 Å². The normalized spacial score (nSPS) is 11.9. The van der Waals surface area contributed by atoms with Crippen LogP contribution in [0.2, 0.25) is 0 Å². The topological polar surface area (TPSA) is 69.0 Å². The molecule has 1 heterocycles. The molecule has 0 saturated heterocycles. The summed E-state index contributed by atoms with van der Waals surface area (Å²) in [5, 5.41) is 12.1. The fourth-order valence-electron chi connectivity index (χ4n) is 2.95. The van der Waals surface area contributed by atoms with E-state index in [2.05, 4.69) is 15.5 Å². The predicted molar refractivity (Wildman–Crippen MR) is 116 cm³/mol. The molecule has 0 radical (unpaired) electrons. The third kappa shape index (κ3) is 5.17. The lowest BCUT2D eigenvalue weighted by atomic mass is 10.1. The fourth-order valence-corrected chi connectivity index (χ4v) is 3.67. The molecule has 6 nitrogen and oxygen atoms in total. The highest BCUT2D eigenvalue weighted by Gasteiger charge is 2.18. The van der Waals surface area contributed by atoms with E-state index in [1.165, 1.54) is 11.8 Å². The number of amides is 1. The molecule has 1 atom stereocenters. The summed E-state index contributed by atoms with van der Waals surface area (Å²) < 4.78 is 7.86. The smallest absolute Gasteiger partial charge is 0.234 e. The number of hydrogen-bond donors (Lipinski definition) is 1. The molecule has 3 aromatic rings. The van der Waals surface area contributed by atoms with Crippen molar-refractivity contribution in [3.63, 3.8) is 0 Å². The minimum atomic E-state index is -0.257. The molecule has 29 heavy (non-hydrogen) atoms. The quantitative estimate of drug-likeness (QED) is 0.576. The van der Waals surface area contributed by atoms with Gasteiger partial charge in [-0.05, 0) is 62.6 Å². The van der Waals surface area contributed by atoms with Crippen LogP contribution in [0.5, 0.6) is 5.75 Å². The van der Waals surface area contributed by atoms with Gasteiger partial charge >= 0.3 is 0 Å². The summed E-state index contributed by atoms with van der Waals surface area (Å²) in [6.45, 7) is 8.00. The number of hydrogen-bond acceptors (Lipinski definition) is 5. The van der Waals surface area contributed by atoms with E-state index in [0.29, 0.717) is 11.0 Å². The highest BCUT2D eigenvalue weighted by atomic mass is 32.2. The largest absolute Gasteiger partial charge is 0.483 e. The van der Waals surface area contributed by atoms with Crippen LogP contribution in [0.25, 0.3) is 0 Å². The Morgan fingerprint density at radius 1 is 1.17 bits per heavy atom. The first-order valence-electron chi connectivity index (χ1n) is 9.46. The summed E-state index contributed by atoms with van der Waals surface area (Å²) in [4.78, 5) is 12.4. The zero-order valence-electron chi connectivity index (χ0n) is 17.4. The second-order valence-electron chi connectivity index (χ2n) is 7.06. The number of aryl methyl sites for hydroxylation is 2. The van der Waals surface area contributed by atoms with Gasteiger partial charge in [0.25, 0.3) is 0 Å². The van der Waals surface area contributed by atoms with Gasteiger partial charge < -0.3 is 14.6 Å². The molecule has 1 N–H and O–H groups in total. The molecule has 1 amide bonds. The van der Waals surface area contributed by atoms with Gasteiger partial charge in [-0.25, -0.2) is 0 Å². The summed E-state index contributed by atoms with van der Waals surface area (Å²) in [6.07, 6.45) is -0.257. The number of aromatic nitrogens is 3. The number of nitrogens with one attached hydrogen (secondary N) is 1. The number of carbonyl (C=O) groups excluding carboxylic acids is 1. The van der Waals surface area contributed by atoms with E-state index in [-0.39, 0.29) is 17.8 Å². The van der Waals surface area contributed by atoms with E-state index in [1.807, 2.05) is 81.8 Å². The molecule has 2 aromatic carbocycles. The van der Waals surface area contributed by atoms with Gasteiger partial charge in [-0.3, -0.25) is 4.79 Å². The van der Waals surface area contributed by atoms with Crippen molar-refractivity contribution in [2.24, 2.45) is 7.05 Å². The van der Waals surface area contributed by atoms with Crippen LogP contribution in [0.3, 0.4) is 0 Å². The second-order valence-corrected chi connectivity index (χ2v) is 8.00. The first-order chi connectivity index (χ1) is 13.8. The number of ether oxygens (including phenoxy) is 1. The van der Waals surface area contributed by atoms with E-state index in [0.717, 1.165) is 28.1 Å². The van der Waals surface area contributed by atoms with Crippen LogP contribution in [-0.4, -0.2) is 26.4 Å². The molecular weight excluding hydrogens is 384 g/mol. The maximum Gasteiger partial charge on any atom is 0.234 e. The average molecular weight is 411 g/mol. The van der Waals surface area contributed by atoms with E-state index in [4.69, 9.17) is 4.74 Å². The molecule has 3 rings (SSSR count). The lowest BCUT2D eigenvalue weighted by Gasteiger charge is -2.14. The first kappa shape index (κ1) is 20.9. The molecule has 0 aliphatic rings. The molecular formula is C22H26N4O2S. The summed E-state index contributed by atoms with van der Waals surface area (Å²) >= 11 is 1.35. The van der Waals surface area contributed by atoms with Gasteiger partial charge in [-0.2, -0.15) is 0 Å². The van der Waals surface area contributed by atoms with E-state index < -0.39 is 0 Å². The van der Waals surface area contributed by atoms with Gasteiger partial charge in [0.15, 0.2) is 17.1 Å². The Balaban J connectivity index is 1.60. The van der Waals surface area contributed by atoms with Crippen molar-refractivity contribution in [2.45, 2.75) is 39.0 Å². The molecule has 0 fully saturated rings. The highest BCUT2D eigenvalue weighted by Crippen LogP contribution is 2.24. The van der Waals surface area contributed by atoms with Gasteiger partial charge in [0.1, 0.15) is 5.75 Å². The number of anilines is 1. The summed E-state index contributed by atoms with van der Waals surface area (Å²) in [7, 11) is 1.89. The van der Waals surface area contributed by atoms with E-state index in [9.17, 15) is 4.79 Å². The Kier molecular flexibility index (Phi) is 6.59. The molecule has 0 bridgehead atoms. The summed E-state index contributed by atoms with van der Waals surface area (Å²) in [6, 6.07) is 13.8. The van der Waals surface area contributed by atoms with Crippen LogP contribution >= 0.6 is 11.8 Å². The van der Waals surface area contributed by atoms with E-state index >= 15 is 0 Å².